The molecule has 0 radical (unpaired) electrons. The molecule has 1 amide bonds. The minimum absolute atomic E-state index is 0.0234. The number of nitrogens with one attached hydrogen (secondary N) is 1. The molecule has 0 spiro atoms. The van der Waals surface area contributed by atoms with Gasteiger partial charge in [-0.15, -0.1) is 0 Å². The predicted molar refractivity (Wildman–Crippen MR) is 117 cm³/mol. The van der Waals surface area contributed by atoms with E-state index in [0.717, 1.165) is 5.57 Å². The molecule has 168 valence electrons. The van der Waals surface area contributed by atoms with E-state index in [2.05, 4.69) is 30.5 Å². The number of carbonyl (C=O) groups excluding carboxylic acids is 2. The molecule has 0 aromatic heterocycles. The highest BCUT2D eigenvalue weighted by molar-refractivity contribution is 5.98. The molecule has 0 unspecified atom stereocenters. The number of carbonyl (C=O) groups is 2. The maximum atomic E-state index is 12.7. The molecule has 0 aromatic carbocycles. The molecule has 1 saturated carbocycles. The number of rotatable bonds is 0. The first kappa shape index (κ1) is 22.2. The maximum absolute atomic E-state index is 12.7. The number of allylic oxidation sites excluding steroid dienone is 6. The Bertz CT molecular complexity index is 828. The van der Waals surface area contributed by atoms with Gasteiger partial charge in [0.05, 0.1) is 30.8 Å². The highest BCUT2D eigenvalue weighted by Crippen LogP contribution is 2.53. The molecule has 2 aliphatic carbocycles. The van der Waals surface area contributed by atoms with Crippen LogP contribution < -0.4 is 5.32 Å². The van der Waals surface area contributed by atoms with Crippen LogP contribution in [0, 0.1) is 29.6 Å². The average Bonchev–Trinajstić information content (AvgIpc) is 3.09. The number of Topliss-reactive ketones (excluding diaryl/α,β-unsaturated/α-hetero) is 1. The van der Waals surface area contributed by atoms with Crippen molar-refractivity contribution in [2.75, 3.05) is 6.54 Å². The molecule has 4 rings (SSSR count). The van der Waals surface area contributed by atoms with Crippen LogP contribution in [-0.2, 0) is 14.3 Å². The van der Waals surface area contributed by atoms with E-state index in [1.165, 1.54) is 0 Å². The third-order valence-electron chi connectivity index (χ3n) is 7.25. The van der Waals surface area contributed by atoms with Crippen LogP contribution in [0.15, 0.2) is 48.1 Å². The Hall–Kier alpha value is -2.02. The van der Waals surface area contributed by atoms with Crippen molar-refractivity contribution in [3.63, 3.8) is 0 Å². The summed E-state index contributed by atoms with van der Waals surface area (Å²) in [6.45, 7) is 4.57. The van der Waals surface area contributed by atoms with Gasteiger partial charge in [-0.05, 0) is 12.8 Å². The molecule has 2 fully saturated rings. The molecule has 1 saturated heterocycles. The summed E-state index contributed by atoms with van der Waals surface area (Å²) in [4.78, 5) is 25.0. The Labute approximate surface area is 183 Å². The van der Waals surface area contributed by atoms with Crippen molar-refractivity contribution in [1.82, 2.24) is 5.32 Å². The van der Waals surface area contributed by atoms with E-state index in [1.807, 2.05) is 31.2 Å². The molecule has 6 heteroatoms. The Morgan fingerprint density at radius 1 is 1.03 bits per heavy atom. The van der Waals surface area contributed by atoms with Crippen molar-refractivity contribution in [3.05, 3.63) is 48.1 Å². The number of ether oxygens (including phenoxy) is 1. The van der Waals surface area contributed by atoms with E-state index < -0.39 is 18.3 Å². The fraction of sp³-hybridized carbons (Fsp3) is 0.600. The first-order valence-corrected chi connectivity index (χ1v) is 11.3. The molecule has 4 aliphatic rings. The highest BCUT2D eigenvalue weighted by Gasteiger charge is 2.58. The zero-order valence-corrected chi connectivity index (χ0v) is 18.2. The van der Waals surface area contributed by atoms with Crippen molar-refractivity contribution < 1.29 is 24.5 Å². The van der Waals surface area contributed by atoms with E-state index in [9.17, 15) is 19.8 Å². The lowest BCUT2D eigenvalue weighted by Crippen LogP contribution is -2.50. The van der Waals surface area contributed by atoms with Crippen LogP contribution in [0.1, 0.15) is 33.1 Å². The number of aliphatic hydroxyl groups is 2. The van der Waals surface area contributed by atoms with Gasteiger partial charge >= 0.3 is 0 Å². The standard InChI is InChI=1S/C25H33NO5/c1-14-6-4-3-5-7-15(2)17-8-9-18-19(28)12-20(29)25-24(18)23(17)21(31-25)10-16(27)11-22(30)26-13-14/h3-9,14,17-21,23-25,28-29H,10-13H2,1-2H3,(H,26,30)/b5-3-,6-4?,15-7+/t14-,17-,18+,19+,20-,21+,23+,24-,25-/m1/s1. The molecule has 2 heterocycles. The van der Waals surface area contributed by atoms with Gasteiger partial charge in [0.25, 0.3) is 0 Å². The zero-order valence-electron chi connectivity index (χ0n) is 18.2. The zero-order chi connectivity index (χ0) is 22.1. The Balaban J connectivity index is 1.68. The van der Waals surface area contributed by atoms with Crippen LogP contribution in [0.2, 0.25) is 0 Å². The molecular weight excluding hydrogens is 394 g/mol. The smallest absolute Gasteiger partial charge is 0.227 e. The number of hydrogen-bond acceptors (Lipinski definition) is 5. The van der Waals surface area contributed by atoms with Crippen LogP contribution in [0.3, 0.4) is 0 Å². The number of amides is 1. The normalized spacial score (nSPS) is 46.1. The molecular formula is C25H33NO5. The molecule has 6 nitrogen and oxygen atoms in total. The third kappa shape index (κ3) is 4.61. The summed E-state index contributed by atoms with van der Waals surface area (Å²) in [5, 5.41) is 24.0. The Morgan fingerprint density at radius 3 is 2.65 bits per heavy atom. The Morgan fingerprint density at radius 2 is 1.84 bits per heavy atom. The molecule has 3 N–H and O–H groups in total. The minimum Gasteiger partial charge on any atom is -0.392 e. The second-order valence-corrected chi connectivity index (χ2v) is 9.53. The van der Waals surface area contributed by atoms with Crippen molar-refractivity contribution in [3.8, 4) is 0 Å². The van der Waals surface area contributed by atoms with Gasteiger partial charge < -0.3 is 20.3 Å². The SMILES string of the molecule is C/C1=C\C=C/C=C[C@@H](C)CNC(=O)CC(=O)C[C@@H]2O[C@H]3[C@@H]4[C@@H](C=C[C@H]1[C@H]42)[C@@H](O)C[C@H]3O. The van der Waals surface area contributed by atoms with E-state index in [0.29, 0.717) is 6.54 Å². The lowest BCUT2D eigenvalue weighted by Gasteiger charge is -2.44. The van der Waals surface area contributed by atoms with Crippen LogP contribution in [-0.4, -0.2) is 52.9 Å². The maximum Gasteiger partial charge on any atom is 0.227 e. The first-order valence-electron chi connectivity index (χ1n) is 11.3. The number of aliphatic hydroxyl groups excluding tert-OH is 2. The fourth-order valence-electron chi connectivity index (χ4n) is 5.73. The van der Waals surface area contributed by atoms with E-state index in [4.69, 9.17) is 4.74 Å². The van der Waals surface area contributed by atoms with Gasteiger partial charge in [0.15, 0.2) is 0 Å². The molecule has 2 aliphatic heterocycles. The fourth-order valence-corrected chi connectivity index (χ4v) is 5.73. The Kier molecular flexibility index (Phi) is 6.60. The number of hydrogen-bond donors (Lipinski definition) is 3. The van der Waals surface area contributed by atoms with Gasteiger partial charge in [-0.25, -0.2) is 0 Å². The third-order valence-corrected chi connectivity index (χ3v) is 7.25. The van der Waals surface area contributed by atoms with Crippen molar-refractivity contribution in [2.24, 2.45) is 29.6 Å². The lowest BCUT2D eigenvalue weighted by atomic mass is 9.60. The lowest BCUT2D eigenvalue weighted by molar-refractivity contribution is -0.131. The highest BCUT2D eigenvalue weighted by atomic mass is 16.5. The van der Waals surface area contributed by atoms with Crippen LogP contribution in [0.25, 0.3) is 0 Å². The van der Waals surface area contributed by atoms with Gasteiger partial charge in [0.2, 0.25) is 5.91 Å². The summed E-state index contributed by atoms with van der Waals surface area (Å²) in [5.74, 6) is -0.367. The molecule has 9 atom stereocenters. The van der Waals surface area contributed by atoms with Crippen LogP contribution in [0.5, 0.6) is 0 Å². The summed E-state index contributed by atoms with van der Waals surface area (Å²) < 4.78 is 6.28. The quantitative estimate of drug-likeness (QED) is 0.406. The van der Waals surface area contributed by atoms with Gasteiger partial charge in [-0.2, -0.15) is 0 Å². The van der Waals surface area contributed by atoms with Crippen molar-refractivity contribution >= 4 is 11.7 Å². The minimum atomic E-state index is -0.751. The van der Waals surface area contributed by atoms with E-state index in [1.54, 1.807) is 0 Å². The predicted octanol–water partition coefficient (Wildman–Crippen LogP) is 2.09. The summed E-state index contributed by atoms with van der Waals surface area (Å²) in [5.41, 5.74) is 1.15. The molecule has 0 bridgehead atoms. The summed E-state index contributed by atoms with van der Waals surface area (Å²) in [6.07, 6.45) is 12.4. The van der Waals surface area contributed by atoms with Gasteiger partial charge in [0, 0.05) is 43.1 Å². The largest absolute Gasteiger partial charge is 0.392 e. The van der Waals surface area contributed by atoms with E-state index >= 15 is 0 Å². The monoisotopic (exact) mass is 427 g/mol. The van der Waals surface area contributed by atoms with E-state index in [-0.39, 0.29) is 66.6 Å². The second kappa shape index (κ2) is 9.23. The second-order valence-electron chi connectivity index (χ2n) is 9.53. The van der Waals surface area contributed by atoms with Crippen LogP contribution >= 0.6 is 0 Å². The summed E-state index contributed by atoms with van der Waals surface area (Å²) in [6, 6.07) is 0. The molecule has 31 heavy (non-hydrogen) atoms. The van der Waals surface area contributed by atoms with Gasteiger partial charge in [-0.3, -0.25) is 9.59 Å². The first-order chi connectivity index (χ1) is 14.8. The topological polar surface area (TPSA) is 95.9 Å². The van der Waals surface area contributed by atoms with Crippen molar-refractivity contribution in [2.45, 2.75) is 57.5 Å². The van der Waals surface area contributed by atoms with Crippen molar-refractivity contribution in [1.29, 1.82) is 0 Å². The number of ketones is 1. The average molecular weight is 428 g/mol. The van der Waals surface area contributed by atoms with Gasteiger partial charge in [0.1, 0.15) is 5.78 Å². The van der Waals surface area contributed by atoms with Gasteiger partial charge in [-0.1, -0.05) is 55.0 Å². The summed E-state index contributed by atoms with van der Waals surface area (Å²) in [7, 11) is 0. The molecule has 0 aromatic rings. The van der Waals surface area contributed by atoms with Crippen LogP contribution in [0.4, 0.5) is 0 Å². The summed E-state index contributed by atoms with van der Waals surface area (Å²) >= 11 is 0.